The van der Waals surface area contributed by atoms with Gasteiger partial charge in [-0.25, -0.2) is 0 Å². The highest BCUT2D eigenvalue weighted by atomic mass is 16.3. The smallest absolute Gasteiger partial charge is 0.234 e. The molecule has 3 aliphatic carbocycles. The Labute approximate surface area is 146 Å². The van der Waals surface area contributed by atoms with Crippen molar-refractivity contribution in [2.45, 2.75) is 18.3 Å². The fourth-order valence-electron chi connectivity index (χ4n) is 5.53. The van der Waals surface area contributed by atoms with Crippen LogP contribution in [0.4, 0.5) is 0 Å². The first-order valence-electron chi connectivity index (χ1n) is 8.75. The lowest BCUT2D eigenvalue weighted by Gasteiger charge is -2.52. The summed E-state index contributed by atoms with van der Waals surface area (Å²) >= 11 is 0. The molecule has 126 valence electrons. The van der Waals surface area contributed by atoms with E-state index in [4.69, 9.17) is 0 Å². The third kappa shape index (κ3) is 1.56. The Morgan fingerprint density at radius 3 is 2.08 bits per heavy atom. The van der Waals surface area contributed by atoms with Crippen LogP contribution in [0.25, 0.3) is 0 Å². The summed E-state index contributed by atoms with van der Waals surface area (Å²) < 4.78 is 0. The van der Waals surface area contributed by atoms with E-state index in [0.29, 0.717) is 0 Å². The molecule has 2 aromatic rings. The number of aliphatic hydroxyl groups is 1. The lowest BCUT2D eigenvalue weighted by atomic mass is 9.48. The van der Waals surface area contributed by atoms with Gasteiger partial charge in [0.15, 0.2) is 0 Å². The normalized spacial score (nSPS) is 31.8. The van der Waals surface area contributed by atoms with Gasteiger partial charge in [-0.3, -0.25) is 14.5 Å². The monoisotopic (exact) mass is 333 g/mol. The molecule has 2 amide bonds. The number of carbonyl (C=O) groups excluding carboxylic acids is 2. The molecular weight excluding hydrogens is 314 g/mol. The van der Waals surface area contributed by atoms with Gasteiger partial charge in [0.1, 0.15) is 0 Å². The molecule has 1 N–H and O–H groups in total. The number of benzene rings is 2. The van der Waals surface area contributed by atoms with Crippen LogP contribution in [0.2, 0.25) is 0 Å². The topological polar surface area (TPSA) is 57.6 Å². The van der Waals surface area contributed by atoms with Crippen molar-refractivity contribution in [2.75, 3.05) is 13.2 Å². The molecule has 2 aromatic carbocycles. The summed E-state index contributed by atoms with van der Waals surface area (Å²) in [5, 5.41) is 9.31. The number of likely N-dealkylation sites (tertiary alicyclic amines) is 1. The van der Waals surface area contributed by atoms with Gasteiger partial charge >= 0.3 is 0 Å². The van der Waals surface area contributed by atoms with Crippen molar-refractivity contribution in [3.63, 3.8) is 0 Å². The summed E-state index contributed by atoms with van der Waals surface area (Å²) in [5.41, 5.74) is 4.14. The van der Waals surface area contributed by atoms with Crippen LogP contribution in [0.15, 0.2) is 48.5 Å². The minimum atomic E-state index is -0.510. The van der Waals surface area contributed by atoms with Gasteiger partial charge in [0.25, 0.3) is 0 Å². The van der Waals surface area contributed by atoms with E-state index >= 15 is 0 Å². The zero-order chi connectivity index (χ0) is 17.3. The minimum absolute atomic E-state index is 0.0835. The van der Waals surface area contributed by atoms with Crippen LogP contribution in [0.1, 0.15) is 35.1 Å². The van der Waals surface area contributed by atoms with Crippen LogP contribution in [0.3, 0.4) is 0 Å². The van der Waals surface area contributed by atoms with Crippen LogP contribution in [0.5, 0.6) is 0 Å². The molecule has 0 aromatic heterocycles. The maximum Gasteiger partial charge on any atom is 0.234 e. The summed E-state index contributed by atoms with van der Waals surface area (Å²) in [4.78, 5) is 27.5. The molecule has 0 saturated carbocycles. The summed E-state index contributed by atoms with van der Waals surface area (Å²) in [5.74, 6) is -1.11. The molecule has 6 rings (SSSR count). The summed E-state index contributed by atoms with van der Waals surface area (Å²) in [6, 6.07) is 16.4. The average molecular weight is 333 g/mol. The van der Waals surface area contributed by atoms with Gasteiger partial charge in [0, 0.05) is 11.3 Å². The number of β-amino-alcohol motifs (C(OH)–C–C–N with tert-alkyl or cyclic N) is 1. The highest BCUT2D eigenvalue weighted by Gasteiger charge is 2.66. The standard InChI is InChI=1S/C21H19NO3/c1-21-14-8-4-2-6-12(14)16(13-7-3-5-9-15(13)21)17-18(21)20(25)22(10-11-23)19(17)24/h2-9,16-18,23H,10-11H2,1H3/t16?,17-,18-,21?/m0/s1. The number of rotatable bonds is 2. The molecule has 0 unspecified atom stereocenters. The first-order chi connectivity index (χ1) is 12.1. The molecule has 1 fully saturated rings. The van der Waals surface area contributed by atoms with Gasteiger partial charge in [-0.05, 0) is 22.3 Å². The molecule has 0 spiro atoms. The van der Waals surface area contributed by atoms with Crippen LogP contribution < -0.4 is 0 Å². The second-order valence-electron chi connectivity index (χ2n) is 7.41. The quantitative estimate of drug-likeness (QED) is 0.856. The van der Waals surface area contributed by atoms with E-state index in [1.165, 1.54) is 4.90 Å². The highest BCUT2D eigenvalue weighted by Crippen LogP contribution is 2.63. The molecule has 2 bridgehead atoms. The van der Waals surface area contributed by atoms with Crippen LogP contribution >= 0.6 is 0 Å². The second-order valence-corrected chi connectivity index (χ2v) is 7.41. The Kier molecular flexibility index (Phi) is 2.85. The molecule has 4 nitrogen and oxygen atoms in total. The molecule has 2 atom stereocenters. The van der Waals surface area contributed by atoms with Crippen molar-refractivity contribution in [2.24, 2.45) is 11.8 Å². The maximum absolute atomic E-state index is 13.1. The Bertz CT molecular complexity index is 871. The number of hydrogen-bond acceptors (Lipinski definition) is 3. The predicted octanol–water partition coefficient (Wildman–Crippen LogP) is 2.04. The summed E-state index contributed by atoms with van der Waals surface area (Å²) in [6.07, 6.45) is 0. The van der Waals surface area contributed by atoms with Crippen LogP contribution in [0, 0.1) is 11.8 Å². The van der Waals surface area contributed by atoms with Gasteiger partial charge in [-0.2, -0.15) is 0 Å². The number of nitrogens with zero attached hydrogens (tertiary/aromatic N) is 1. The lowest BCUT2D eigenvalue weighted by molar-refractivity contribution is -0.140. The van der Waals surface area contributed by atoms with Crippen molar-refractivity contribution in [3.8, 4) is 0 Å². The van der Waals surface area contributed by atoms with Crippen molar-refractivity contribution >= 4 is 11.8 Å². The van der Waals surface area contributed by atoms with E-state index in [9.17, 15) is 14.7 Å². The fourth-order valence-corrected chi connectivity index (χ4v) is 5.53. The van der Waals surface area contributed by atoms with Gasteiger partial charge in [0.2, 0.25) is 11.8 Å². The molecule has 1 heterocycles. The minimum Gasteiger partial charge on any atom is -0.395 e. The molecule has 25 heavy (non-hydrogen) atoms. The first-order valence-corrected chi connectivity index (χ1v) is 8.75. The Hall–Kier alpha value is -2.46. The van der Waals surface area contributed by atoms with E-state index in [1.54, 1.807) is 0 Å². The second kappa shape index (κ2) is 4.79. The maximum atomic E-state index is 13.1. The Morgan fingerprint density at radius 2 is 1.52 bits per heavy atom. The van der Waals surface area contributed by atoms with Gasteiger partial charge < -0.3 is 5.11 Å². The zero-order valence-electron chi connectivity index (χ0n) is 14.0. The van der Waals surface area contributed by atoms with Gasteiger partial charge in [0.05, 0.1) is 25.0 Å². The van der Waals surface area contributed by atoms with E-state index in [1.807, 2.05) is 24.3 Å². The fraction of sp³-hybridized carbons (Fsp3) is 0.333. The number of aliphatic hydroxyl groups excluding tert-OH is 1. The molecule has 4 aliphatic rings. The molecule has 1 saturated heterocycles. The van der Waals surface area contributed by atoms with E-state index in [2.05, 4.69) is 31.2 Å². The van der Waals surface area contributed by atoms with Gasteiger partial charge in [-0.15, -0.1) is 0 Å². The van der Waals surface area contributed by atoms with E-state index < -0.39 is 5.41 Å². The third-order valence-electron chi connectivity index (χ3n) is 6.46. The first kappa shape index (κ1) is 14.8. The van der Waals surface area contributed by atoms with Crippen molar-refractivity contribution in [3.05, 3.63) is 70.8 Å². The molecular formula is C21H19NO3. The largest absolute Gasteiger partial charge is 0.395 e. The zero-order valence-corrected chi connectivity index (χ0v) is 14.0. The highest BCUT2D eigenvalue weighted by molar-refractivity contribution is 6.08. The van der Waals surface area contributed by atoms with Crippen molar-refractivity contribution < 1.29 is 14.7 Å². The number of imide groups is 1. The van der Waals surface area contributed by atoms with Gasteiger partial charge in [-0.1, -0.05) is 55.5 Å². The van der Waals surface area contributed by atoms with Crippen molar-refractivity contribution in [1.29, 1.82) is 0 Å². The number of amides is 2. The van der Waals surface area contributed by atoms with E-state index in [-0.39, 0.29) is 42.7 Å². The predicted molar refractivity (Wildman–Crippen MR) is 92.0 cm³/mol. The SMILES string of the molecule is CC12c3ccccc3C(c3ccccc31)[C@@H]1C(=O)N(CCO)C(=O)[C@H]12. The Balaban J connectivity index is 1.83. The average Bonchev–Trinajstić information content (AvgIpc) is 2.89. The van der Waals surface area contributed by atoms with Crippen molar-refractivity contribution in [1.82, 2.24) is 4.90 Å². The van der Waals surface area contributed by atoms with Crippen LogP contribution in [-0.4, -0.2) is 35.0 Å². The lowest BCUT2D eigenvalue weighted by Crippen LogP contribution is -2.51. The number of hydrogen-bond donors (Lipinski definition) is 1. The number of carbonyl (C=O) groups is 2. The summed E-state index contributed by atoms with van der Waals surface area (Å²) in [6.45, 7) is 1.99. The molecule has 1 aliphatic heterocycles. The third-order valence-corrected chi connectivity index (χ3v) is 6.46. The molecule has 0 radical (unpaired) electrons. The molecule has 4 heteroatoms. The van der Waals surface area contributed by atoms with E-state index in [0.717, 1.165) is 22.3 Å². The Morgan fingerprint density at radius 1 is 0.960 bits per heavy atom. The van der Waals surface area contributed by atoms with Crippen LogP contribution in [-0.2, 0) is 15.0 Å². The summed E-state index contributed by atoms with van der Waals surface area (Å²) in [7, 11) is 0.